The van der Waals surface area contributed by atoms with Crippen molar-refractivity contribution in [1.29, 1.82) is 0 Å². The molecule has 0 N–H and O–H groups in total. The van der Waals surface area contributed by atoms with Crippen molar-refractivity contribution in [3.8, 4) is 33.4 Å². The Kier molecular flexibility index (Phi) is 8.34. The van der Waals surface area contributed by atoms with Crippen LogP contribution in [-0.2, 0) is 5.41 Å². The zero-order valence-corrected chi connectivity index (χ0v) is 37.3. The van der Waals surface area contributed by atoms with E-state index in [1.54, 1.807) is 0 Å². The van der Waals surface area contributed by atoms with Gasteiger partial charge >= 0.3 is 0 Å². The zero-order chi connectivity index (χ0) is 43.3. The summed E-state index contributed by atoms with van der Waals surface area (Å²) in [5.41, 5.74) is 11.9. The first-order valence-electron chi connectivity index (χ1n) is 22.8. The first kappa shape index (κ1) is 37.7. The number of hydrogen-bond acceptors (Lipinski definition) is 1. The van der Waals surface area contributed by atoms with E-state index in [1.807, 2.05) is 0 Å². The SMILES string of the molecule is CC1(C)c2cc(-c3c4ccccc4c(-c4cc([Si](c5ccccc5)(c5ccccc5)c5ccccc5)cc5c4oc4ccccc45)c4ccccc34)ccc2-c2ccc3ccccc3c21. The van der Waals surface area contributed by atoms with Crippen LogP contribution in [0.5, 0.6) is 0 Å². The minimum Gasteiger partial charge on any atom is -0.455 e. The van der Waals surface area contributed by atoms with Crippen molar-refractivity contribution >= 4 is 83.1 Å². The second kappa shape index (κ2) is 14.4. The molecule has 11 aromatic carbocycles. The molecule has 0 spiro atoms. The molecule has 0 saturated heterocycles. The van der Waals surface area contributed by atoms with Gasteiger partial charge in [-0.1, -0.05) is 232 Å². The third kappa shape index (κ3) is 5.44. The second-order valence-electron chi connectivity index (χ2n) is 18.3. The highest BCUT2D eigenvalue weighted by atomic mass is 28.3. The normalized spacial score (nSPS) is 13.2. The minimum atomic E-state index is -2.95. The molecular weight excluding hydrogens is 801 g/mol. The lowest BCUT2D eigenvalue weighted by atomic mass is 9.79. The van der Waals surface area contributed by atoms with E-state index in [2.05, 4.69) is 244 Å². The van der Waals surface area contributed by atoms with E-state index in [0.29, 0.717) is 0 Å². The third-order valence-corrected chi connectivity index (χ3v) is 19.3. The number of furan rings is 1. The predicted octanol–water partition coefficient (Wildman–Crippen LogP) is 14.1. The van der Waals surface area contributed by atoms with Crippen LogP contribution in [0.1, 0.15) is 25.0 Å². The average molecular weight is 845 g/mol. The van der Waals surface area contributed by atoms with Gasteiger partial charge in [-0.3, -0.25) is 0 Å². The lowest BCUT2D eigenvalue weighted by molar-refractivity contribution is 0.666. The van der Waals surface area contributed by atoms with Gasteiger partial charge in [-0.15, -0.1) is 0 Å². The van der Waals surface area contributed by atoms with Gasteiger partial charge in [0.2, 0.25) is 0 Å². The smallest absolute Gasteiger partial charge is 0.179 e. The lowest BCUT2D eigenvalue weighted by Gasteiger charge is -2.35. The highest BCUT2D eigenvalue weighted by Crippen LogP contribution is 2.53. The Morgan fingerprint density at radius 1 is 0.354 bits per heavy atom. The molecule has 0 radical (unpaired) electrons. The van der Waals surface area contributed by atoms with E-state index >= 15 is 0 Å². The van der Waals surface area contributed by atoms with E-state index in [1.165, 1.54) is 92.0 Å². The van der Waals surface area contributed by atoms with Crippen molar-refractivity contribution in [2.75, 3.05) is 0 Å². The Balaban J connectivity index is 1.13. The van der Waals surface area contributed by atoms with Crippen LogP contribution in [0.3, 0.4) is 0 Å². The molecule has 0 bridgehead atoms. The molecule has 1 nitrogen and oxygen atoms in total. The fourth-order valence-electron chi connectivity index (χ4n) is 11.8. The van der Waals surface area contributed by atoms with Crippen molar-refractivity contribution in [3.05, 3.63) is 242 Å². The summed E-state index contributed by atoms with van der Waals surface area (Å²) >= 11 is 0. The van der Waals surface area contributed by atoms with Gasteiger partial charge in [-0.2, -0.15) is 0 Å². The summed E-state index contributed by atoms with van der Waals surface area (Å²) in [4.78, 5) is 0. The summed E-state index contributed by atoms with van der Waals surface area (Å²) in [5, 5.41) is 15.1. The largest absolute Gasteiger partial charge is 0.455 e. The summed E-state index contributed by atoms with van der Waals surface area (Å²) in [5.74, 6) is 0. The van der Waals surface area contributed by atoms with Crippen LogP contribution in [0.15, 0.2) is 235 Å². The molecule has 12 aromatic rings. The highest BCUT2D eigenvalue weighted by molar-refractivity contribution is 7.20. The lowest BCUT2D eigenvalue weighted by Crippen LogP contribution is -2.74. The molecule has 0 aliphatic heterocycles. The summed E-state index contributed by atoms with van der Waals surface area (Å²) in [6.45, 7) is 4.81. The van der Waals surface area contributed by atoms with E-state index in [4.69, 9.17) is 4.42 Å². The van der Waals surface area contributed by atoms with Crippen LogP contribution < -0.4 is 20.7 Å². The minimum absolute atomic E-state index is 0.174. The van der Waals surface area contributed by atoms with Crippen molar-refractivity contribution < 1.29 is 4.42 Å². The fraction of sp³-hybridized carbons (Fsp3) is 0.0476. The van der Waals surface area contributed by atoms with Gasteiger partial charge in [0.05, 0.1) is 0 Å². The summed E-state index contributed by atoms with van der Waals surface area (Å²) in [7, 11) is -2.95. The van der Waals surface area contributed by atoms with E-state index in [-0.39, 0.29) is 5.41 Å². The van der Waals surface area contributed by atoms with Gasteiger partial charge < -0.3 is 4.42 Å². The Morgan fingerprint density at radius 3 is 1.45 bits per heavy atom. The maximum atomic E-state index is 7.09. The summed E-state index contributed by atoms with van der Waals surface area (Å²) in [6, 6.07) is 86.1. The first-order valence-corrected chi connectivity index (χ1v) is 24.8. The molecular formula is C63H44OSi. The zero-order valence-electron chi connectivity index (χ0n) is 36.3. The van der Waals surface area contributed by atoms with Crippen LogP contribution in [0, 0.1) is 0 Å². The number of benzene rings is 11. The predicted molar refractivity (Wildman–Crippen MR) is 278 cm³/mol. The van der Waals surface area contributed by atoms with Crippen LogP contribution in [0.25, 0.3) is 87.6 Å². The van der Waals surface area contributed by atoms with E-state index in [9.17, 15) is 0 Å². The van der Waals surface area contributed by atoms with Crippen LogP contribution >= 0.6 is 0 Å². The maximum absolute atomic E-state index is 7.09. The number of fused-ring (bicyclic) bond motifs is 10. The van der Waals surface area contributed by atoms with Gasteiger partial charge in [0.1, 0.15) is 11.2 Å². The molecule has 1 aliphatic carbocycles. The molecule has 13 rings (SSSR count). The summed E-state index contributed by atoms with van der Waals surface area (Å²) < 4.78 is 7.09. The van der Waals surface area contributed by atoms with Crippen molar-refractivity contribution in [3.63, 3.8) is 0 Å². The maximum Gasteiger partial charge on any atom is 0.179 e. The molecule has 0 unspecified atom stereocenters. The Labute approximate surface area is 379 Å². The molecule has 1 heterocycles. The van der Waals surface area contributed by atoms with Gasteiger partial charge in [0, 0.05) is 27.3 Å². The van der Waals surface area contributed by atoms with Crippen molar-refractivity contribution in [2.45, 2.75) is 19.3 Å². The van der Waals surface area contributed by atoms with Crippen molar-refractivity contribution in [1.82, 2.24) is 0 Å². The third-order valence-electron chi connectivity index (χ3n) is 14.6. The Bertz CT molecular complexity index is 3690. The molecule has 1 aliphatic rings. The number of para-hydroxylation sites is 1. The molecule has 0 saturated carbocycles. The first-order chi connectivity index (χ1) is 32.0. The molecule has 306 valence electrons. The van der Waals surface area contributed by atoms with Crippen LogP contribution in [0.2, 0.25) is 0 Å². The number of rotatable bonds is 6. The fourth-order valence-corrected chi connectivity index (χ4v) is 16.6. The van der Waals surface area contributed by atoms with E-state index < -0.39 is 8.07 Å². The molecule has 1 aromatic heterocycles. The molecule has 2 heteroatoms. The van der Waals surface area contributed by atoms with Crippen LogP contribution in [0.4, 0.5) is 0 Å². The summed E-state index contributed by atoms with van der Waals surface area (Å²) in [6.07, 6.45) is 0. The van der Waals surface area contributed by atoms with Gasteiger partial charge in [0.15, 0.2) is 8.07 Å². The molecule has 65 heavy (non-hydrogen) atoms. The average Bonchev–Trinajstić information content (AvgIpc) is 3.86. The quantitative estimate of drug-likeness (QED) is 0.0923. The highest BCUT2D eigenvalue weighted by Gasteiger charge is 2.43. The van der Waals surface area contributed by atoms with Crippen LogP contribution in [-0.4, -0.2) is 8.07 Å². The standard InChI is InChI=1S/C63H44OSi/c1-63(2)57-38-42(35-36-48(57)54-37-34-41-20-12-13-27-47(41)61(54)63)59-50-29-14-16-31-52(50)60(53-32-17-15-30-51(53)59)56-40-46(39-55-49-28-18-19-33-58(49)64-62(55)56)65(43-21-6-3-7-22-43,44-23-8-4-9-24-44)45-25-10-5-11-26-45/h3-40H,1-2H3. The number of hydrogen-bond donors (Lipinski definition) is 0. The van der Waals surface area contributed by atoms with Gasteiger partial charge in [-0.05, 0) is 98.6 Å². The molecule has 0 atom stereocenters. The second-order valence-corrected chi connectivity index (χ2v) is 22.1. The van der Waals surface area contributed by atoms with E-state index in [0.717, 1.165) is 27.5 Å². The topological polar surface area (TPSA) is 13.1 Å². The Morgan fingerprint density at radius 2 is 0.846 bits per heavy atom. The Hall–Kier alpha value is -7.78. The molecule has 0 fully saturated rings. The molecule has 0 amide bonds. The van der Waals surface area contributed by atoms with Gasteiger partial charge in [-0.25, -0.2) is 0 Å². The van der Waals surface area contributed by atoms with Gasteiger partial charge in [0.25, 0.3) is 0 Å². The van der Waals surface area contributed by atoms with Crippen molar-refractivity contribution in [2.24, 2.45) is 0 Å². The monoisotopic (exact) mass is 844 g/mol.